The second-order valence-electron chi connectivity index (χ2n) is 6.08. The van der Waals surface area contributed by atoms with Crippen LogP contribution >= 0.6 is 0 Å². The van der Waals surface area contributed by atoms with Gasteiger partial charge in [0.05, 0.1) is 34.0 Å². The second kappa shape index (κ2) is 6.39. The molecule has 0 bridgehead atoms. The van der Waals surface area contributed by atoms with Crippen molar-refractivity contribution in [2.45, 2.75) is 0 Å². The average Bonchev–Trinajstić information content (AvgIpc) is 2.71. The normalized spacial score (nSPS) is 11.1. The first kappa shape index (κ1) is 17.0. The van der Waals surface area contributed by atoms with Crippen LogP contribution in [0.15, 0.2) is 41.3 Å². The highest BCUT2D eigenvalue weighted by Gasteiger charge is 2.21. The maximum absolute atomic E-state index is 12.4. The predicted octanol–water partition coefficient (Wildman–Crippen LogP) is 3.87. The maximum atomic E-state index is 12.4. The molecule has 6 nitrogen and oxygen atoms in total. The first-order chi connectivity index (χ1) is 13.1. The molecule has 1 heterocycles. The van der Waals surface area contributed by atoms with Crippen LogP contribution in [-0.4, -0.2) is 33.4 Å². The number of fused-ring (bicyclic) bond motifs is 6. The number of hydrogen-bond acceptors (Lipinski definition) is 5. The number of hydrogen-bond donors (Lipinski definition) is 1. The van der Waals surface area contributed by atoms with Crippen molar-refractivity contribution >= 4 is 32.4 Å². The van der Waals surface area contributed by atoms with E-state index >= 15 is 0 Å². The van der Waals surface area contributed by atoms with Gasteiger partial charge >= 0.3 is 0 Å². The summed E-state index contributed by atoms with van der Waals surface area (Å²) < 4.78 is 22.1. The summed E-state index contributed by atoms with van der Waals surface area (Å²) in [6.45, 7) is 0. The van der Waals surface area contributed by atoms with Crippen molar-refractivity contribution in [3.63, 3.8) is 0 Å². The van der Waals surface area contributed by atoms with Crippen LogP contribution in [-0.2, 0) is 0 Å². The smallest absolute Gasteiger partial charge is 0.221 e. The average molecular weight is 365 g/mol. The molecule has 27 heavy (non-hydrogen) atoms. The molecule has 0 fully saturated rings. The van der Waals surface area contributed by atoms with E-state index in [0.717, 1.165) is 32.4 Å². The third-order valence-electron chi connectivity index (χ3n) is 4.82. The van der Waals surface area contributed by atoms with Crippen LogP contribution in [0.2, 0.25) is 0 Å². The molecule has 0 aliphatic rings. The Morgan fingerprint density at radius 2 is 1.44 bits per heavy atom. The Morgan fingerprint density at radius 3 is 2.11 bits per heavy atom. The number of H-pyrrole nitrogens is 1. The molecular formula is C21H19NO5. The van der Waals surface area contributed by atoms with Gasteiger partial charge in [0, 0.05) is 22.4 Å². The van der Waals surface area contributed by atoms with E-state index in [2.05, 4.69) is 4.98 Å². The number of ether oxygens (including phenoxy) is 4. The highest BCUT2D eigenvalue weighted by atomic mass is 16.5. The van der Waals surface area contributed by atoms with Gasteiger partial charge in [-0.05, 0) is 35.0 Å². The lowest BCUT2D eigenvalue weighted by molar-refractivity contribution is 0.327. The standard InChI is InChI=1S/C21H19NO5/c1-24-16-9-13-12(8-15(16)23)11-6-5-7-22-19(11)14-10-17(25-2)20(26-3)21(27-4)18(13)14/h5-10,22H,1-4H3. The van der Waals surface area contributed by atoms with Crippen LogP contribution in [0, 0.1) is 0 Å². The lowest BCUT2D eigenvalue weighted by Gasteiger charge is -2.18. The maximum Gasteiger partial charge on any atom is 0.221 e. The number of aromatic amines is 1. The molecular weight excluding hydrogens is 346 g/mol. The molecule has 0 radical (unpaired) electrons. The van der Waals surface area contributed by atoms with E-state index in [9.17, 15) is 4.79 Å². The van der Waals surface area contributed by atoms with Crippen LogP contribution in [0.3, 0.4) is 0 Å². The molecule has 0 spiro atoms. The van der Waals surface area contributed by atoms with E-state index in [4.69, 9.17) is 18.9 Å². The Bertz CT molecular complexity index is 1240. The SMILES string of the molecule is COc1cc2c3[nH]cccc3c3cc(=O)c(OC)cc3c2c(OC)c1OC. The lowest BCUT2D eigenvalue weighted by atomic mass is 9.95. The van der Waals surface area contributed by atoms with Gasteiger partial charge in [0.2, 0.25) is 11.2 Å². The van der Waals surface area contributed by atoms with Crippen molar-refractivity contribution in [1.82, 2.24) is 4.98 Å². The Morgan fingerprint density at radius 1 is 0.741 bits per heavy atom. The first-order valence-electron chi connectivity index (χ1n) is 8.38. The van der Waals surface area contributed by atoms with E-state index < -0.39 is 0 Å². The van der Waals surface area contributed by atoms with Gasteiger partial charge < -0.3 is 23.9 Å². The van der Waals surface area contributed by atoms with Crippen LogP contribution < -0.4 is 24.4 Å². The Kier molecular flexibility index (Phi) is 4.03. The van der Waals surface area contributed by atoms with E-state index in [-0.39, 0.29) is 11.2 Å². The minimum atomic E-state index is -0.172. The third-order valence-corrected chi connectivity index (χ3v) is 4.82. The molecule has 0 saturated carbocycles. The number of pyridine rings is 1. The van der Waals surface area contributed by atoms with Gasteiger partial charge in [0.25, 0.3) is 0 Å². The largest absolute Gasteiger partial charge is 0.493 e. The fraction of sp³-hybridized carbons (Fsp3) is 0.190. The summed E-state index contributed by atoms with van der Waals surface area (Å²) in [4.78, 5) is 15.7. The Hall–Kier alpha value is -3.41. The fourth-order valence-corrected chi connectivity index (χ4v) is 3.65. The third kappa shape index (κ3) is 2.37. The van der Waals surface area contributed by atoms with Crippen molar-refractivity contribution in [3.05, 3.63) is 46.8 Å². The molecule has 0 saturated heterocycles. The number of methoxy groups -OCH3 is 4. The summed E-state index contributed by atoms with van der Waals surface area (Å²) in [5, 5.41) is 4.29. The lowest BCUT2D eigenvalue weighted by Crippen LogP contribution is -2.04. The summed E-state index contributed by atoms with van der Waals surface area (Å²) >= 11 is 0. The van der Waals surface area contributed by atoms with E-state index in [0.29, 0.717) is 17.2 Å². The summed E-state index contributed by atoms with van der Waals surface area (Å²) in [6.07, 6.45) is 1.85. The number of aromatic nitrogens is 1. The minimum Gasteiger partial charge on any atom is -0.493 e. The molecule has 1 aromatic heterocycles. The highest BCUT2D eigenvalue weighted by molar-refractivity contribution is 6.26. The van der Waals surface area contributed by atoms with Crippen LogP contribution in [0.5, 0.6) is 23.0 Å². The van der Waals surface area contributed by atoms with E-state index in [1.165, 1.54) is 7.11 Å². The van der Waals surface area contributed by atoms with Gasteiger partial charge in [-0.3, -0.25) is 4.79 Å². The van der Waals surface area contributed by atoms with Crippen LogP contribution in [0.25, 0.3) is 32.4 Å². The van der Waals surface area contributed by atoms with Crippen molar-refractivity contribution in [1.29, 1.82) is 0 Å². The fourth-order valence-electron chi connectivity index (χ4n) is 3.65. The Labute approximate surface area is 155 Å². The van der Waals surface area contributed by atoms with E-state index in [1.54, 1.807) is 33.5 Å². The molecule has 0 amide bonds. The molecule has 6 heteroatoms. The minimum absolute atomic E-state index is 0.172. The van der Waals surface area contributed by atoms with Crippen molar-refractivity contribution in [2.75, 3.05) is 28.4 Å². The van der Waals surface area contributed by atoms with Crippen molar-refractivity contribution in [2.24, 2.45) is 0 Å². The monoisotopic (exact) mass is 365 g/mol. The van der Waals surface area contributed by atoms with Gasteiger partial charge in [-0.2, -0.15) is 0 Å². The zero-order valence-corrected chi connectivity index (χ0v) is 15.5. The summed E-state index contributed by atoms with van der Waals surface area (Å²) in [5.41, 5.74) is 0.706. The quantitative estimate of drug-likeness (QED) is 0.556. The van der Waals surface area contributed by atoms with Gasteiger partial charge in [0.1, 0.15) is 0 Å². The molecule has 0 atom stereocenters. The first-order valence-corrected chi connectivity index (χ1v) is 8.38. The molecule has 0 aliphatic carbocycles. The van der Waals surface area contributed by atoms with Crippen LogP contribution in [0.1, 0.15) is 0 Å². The molecule has 138 valence electrons. The topological polar surface area (TPSA) is 69.8 Å². The van der Waals surface area contributed by atoms with Gasteiger partial charge in [-0.25, -0.2) is 0 Å². The van der Waals surface area contributed by atoms with Crippen molar-refractivity contribution < 1.29 is 18.9 Å². The van der Waals surface area contributed by atoms with Gasteiger partial charge in [-0.1, -0.05) is 6.07 Å². The molecule has 3 aromatic carbocycles. The summed E-state index contributed by atoms with van der Waals surface area (Å²) in [7, 11) is 6.22. The number of rotatable bonds is 4. The predicted molar refractivity (Wildman–Crippen MR) is 106 cm³/mol. The van der Waals surface area contributed by atoms with Crippen LogP contribution in [0.4, 0.5) is 0 Å². The molecule has 0 aliphatic heterocycles. The Balaban J connectivity index is 2.39. The zero-order valence-electron chi connectivity index (χ0n) is 15.5. The summed E-state index contributed by atoms with van der Waals surface area (Å²) in [5.74, 6) is 1.87. The summed E-state index contributed by atoms with van der Waals surface area (Å²) in [6, 6.07) is 9.14. The molecule has 0 unspecified atom stereocenters. The molecule has 1 N–H and O–H groups in total. The number of benzene rings is 3. The van der Waals surface area contributed by atoms with Gasteiger partial charge in [0.15, 0.2) is 17.2 Å². The van der Waals surface area contributed by atoms with Crippen molar-refractivity contribution in [3.8, 4) is 23.0 Å². The molecule has 4 rings (SSSR count). The highest BCUT2D eigenvalue weighted by Crippen LogP contribution is 2.48. The van der Waals surface area contributed by atoms with Gasteiger partial charge in [-0.15, -0.1) is 0 Å². The molecule has 4 aromatic rings. The zero-order chi connectivity index (χ0) is 19.1. The number of nitrogens with one attached hydrogen (secondary N) is 1. The van der Waals surface area contributed by atoms with E-state index in [1.807, 2.05) is 24.4 Å². The second-order valence-corrected chi connectivity index (χ2v) is 6.08.